The number of benzene rings is 3. The smallest absolute Gasteiger partial charge is 0.416 e. The lowest BCUT2D eigenvalue weighted by atomic mass is 9.72. The van der Waals surface area contributed by atoms with E-state index in [-0.39, 0.29) is 51.9 Å². The molecule has 378 valence electrons. The molecular formula is C51H57ClF3N7O8S. The maximum atomic E-state index is 14.1. The molecule has 0 saturated carbocycles. The van der Waals surface area contributed by atoms with Gasteiger partial charge in [-0.05, 0) is 90.8 Å². The minimum Gasteiger partial charge on any atom is -0.455 e. The second-order valence-corrected chi connectivity index (χ2v) is 21.9. The fourth-order valence-electron chi connectivity index (χ4n) is 9.45. The Balaban J connectivity index is 0.975. The van der Waals surface area contributed by atoms with E-state index in [0.29, 0.717) is 82.2 Å². The number of ketones is 1. The Bertz CT molecular complexity index is 2970. The number of Topliss-reactive ketones (excluding diaryl/α,β-unsaturated/α-hetero) is 1. The molecule has 3 aliphatic rings. The van der Waals surface area contributed by atoms with Crippen LogP contribution in [0.25, 0.3) is 16.6 Å². The highest BCUT2D eigenvalue weighted by molar-refractivity contribution is 7.92. The molecule has 0 bridgehead atoms. The minimum atomic E-state index is -4.50. The number of pyridine rings is 1. The number of hydrogen-bond acceptors (Lipinski definition) is 12. The maximum Gasteiger partial charge on any atom is 0.416 e. The molecular weight excluding hydrogens is 963 g/mol. The van der Waals surface area contributed by atoms with Crippen LogP contribution in [0, 0.1) is 21.4 Å². The molecule has 15 nitrogen and oxygen atoms in total. The summed E-state index contributed by atoms with van der Waals surface area (Å²) in [6.45, 7) is 12.6. The van der Waals surface area contributed by atoms with Gasteiger partial charge in [-0.15, -0.1) is 0 Å². The van der Waals surface area contributed by atoms with Gasteiger partial charge in [-0.1, -0.05) is 50.9 Å². The molecule has 8 rings (SSSR count). The lowest BCUT2D eigenvalue weighted by Crippen LogP contribution is -2.47. The van der Waals surface area contributed by atoms with Gasteiger partial charge in [0.05, 0.1) is 39.9 Å². The SMILES string of the molecule is CC(C)C(=O)N1CCO[C@@H](CCNc2ccc(S(=O)(=O)CC(=O)c3ccc(N4CCN(CC5=C(c6ccc(C(F)(F)F)cc6Cl)CC(C)(C)CC5)CC4)cc3Oc3cnc4[nH]ccc4c3)cc2[N+](=O)[O-])C1. The van der Waals surface area contributed by atoms with Crippen LogP contribution in [0.15, 0.2) is 89.6 Å². The van der Waals surface area contributed by atoms with E-state index in [9.17, 15) is 41.3 Å². The number of nitro benzene ring substituents is 1. The summed E-state index contributed by atoms with van der Waals surface area (Å²) in [7, 11) is -4.42. The van der Waals surface area contributed by atoms with Crippen LogP contribution >= 0.6 is 11.6 Å². The zero-order chi connectivity index (χ0) is 50.8. The van der Waals surface area contributed by atoms with Gasteiger partial charge in [0.15, 0.2) is 15.6 Å². The number of carbonyl (C=O) groups excluding carboxylic acids is 2. The minimum absolute atomic E-state index is 0.0156. The Kier molecular flexibility index (Phi) is 15.2. The van der Waals surface area contributed by atoms with Crippen molar-refractivity contribution in [2.24, 2.45) is 11.3 Å². The van der Waals surface area contributed by atoms with Gasteiger partial charge in [0.25, 0.3) is 5.69 Å². The van der Waals surface area contributed by atoms with Gasteiger partial charge in [-0.25, -0.2) is 13.4 Å². The maximum absolute atomic E-state index is 14.1. The van der Waals surface area contributed by atoms with Crippen molar-refractivity contribution in [3.63, 3.8) is 0 Å². The summed E-state index contributed by atoms with van der Waals surface area (Å²) in [6, 6.07) is 15.5. The molecule has 5 aromatic rings. The fourth-order valence-corrected chi connectivity index (χ4v) is 11.0. The third-order valence-corrected chi connectivity index (χ3v) is 15.3. The summed E-state index contributed by atoms with van der Waals surface area (Å²) < 4.78 is 80.5. The Morgan fingerprint density at radius 1 is 1.04 bits per heavy atom. The van der Waals surface area contributed by atoms with Crippen LogP contribution in [-0.2, 0) is 25.5 Å². The highest BCUT2D eigenvalue weighted by Crippen LogP contribution is 2.46. The first-order chi connectivity index (χ1) is 33.6. The number of piperazine rings is 1. The van der Waals surface area contributed by atoms with Crippen molar-refractivity contribution in [2.45, 2.75) is 70.6 Å². The standard InChI is InChI=1S/C51H57ClF3N7O8S/c1-32(2)49(64)61-21-22-69-37(30-61)13-16-56-44-10-7-39(26-45(44)62(65)66)71(67,68)31-46(63)41-9-6-36(25-47(41)70-38-23-33-12-15-57-48(33)58-28-38)60-19-17-59(18-20-60)29-34-11-14-50(3,4)27-42(34)40-8-5-35(24-43(40)52)51(53,54)55/h5-10,12,15,23-26,28,32,37,56H,11,13-14,16-22,27,29-31H2,1-4H3,(H,57,58)/t37-/m0/s1. The highest BCUT2D eigenvalue weighted by atomic mass is 35.5. The van der Waals surface area contributed by atoms with Gasteiger partial charge in [0.2, 0.25) is 5.91 Å². The molecule has 1 atom stereocenters. The monoisotopic (exact) mass is 1020 g/mol. The number of nitrogens with one attached hydrogen (secondary N) is 2. The zero-order valence-corrected chi connectivity index (χ0v) is 41.6. The number of ether oxygens (including phenoxy) is 2. The van der Waals surface area contributed by atoms with Crippen molar-refractivity contribution >= 4 is 66.8 Å². The number of alkyl halides is 3. The number of H-pyrrole nitrogens is 1. The topological polar surface area (TPSA) is 180 Å². The summed E-state index contributed by atoms with van der Waals surface area (Å²) in [5.74, 6) is -1.52. The molecule has 2 aliphatic heterocycles. The van der Waals surface area contributed by atoms with Crippen LogP contribution in [0.5, 0.6) is 11.5 Å². The fraction of sp³-hybridized carbons (Fsp3) is 0.431. The summed E-state index contributed by atoms with van der Waals surface area (Å²) >= 11 is 6.54. The van der Waals surface area contributed by atoms with Crippen LogP contribution in [0.4, 0.5) is 30.2 Å². The number of halogens is 4. The second-order valence-electron chi connectivity index (χ2n) is 19.5. The molecule has 2 fully saturated rings. The molecule has 4 heterocycles. The molecule has 0 radical (unpaired) electrons. The van der Waals surface area contributed by atoms with Gasteiger partial charge >= 0.3 is 6.18 Å². The molecule has 20 heteroatoms. The predicted octanol–water partition coefficient (Wildman–Crippen LogP) is 10.1. The molecule has 2 N–H and O–H groups in total. The molecule has 1 amide bonds. The van der Waals surface area contributed by atoms with Crippen molar-refractivity contribution < 1.29 is 45.6 Å². The first-order valence-electron chi connectivity index (χ1n) is 23.6. The van der Waals surface area contributed by atoms with E-state index in [1.54, 1.807) is 29.3 Å². The first kappa shape index (κ1) is 51.3. The van der Waals surface area contributed by atoms with E-state index in [4.69, 9.17) is 21.1 Å². The van der Waals surface area contributed by atoms with E-state index < -0.39 is 48.6 Å². The number of nitrogens with zero attached hydrogens (tertiary/aromatic N) is 5. The number of fused-ring (bicyclic) bond motifs is 1. The van der Waals surface area contributed by atoms with Crippen LogP contribution in [0.3, 0.4) is 0 Å². The zero-order valence-electron chi connectivity index (χ0n) is 40.0. The number of anilines is 2. The van der Waals surface area contributed by atoms with Gasteiger partial charge < -0.3 is 29.6 Å². The van der Waals surface area contributed by atoms with Gasteiger partial charge in [0, 0.05) is 92.7 Å². The van der Waals surface area contributed by atoms with E-state index in [1.165, 1.54) is 30.5 Å². The molecule has 2 saturated heterocycles. The number of aromatic amines is 1. The van der Waals surface area contributed by atoms with Crippen LogP contribution < -0.4 is 15.0 Å². The third kappa shape index (κ3) is 12.2. The Morgan fingerprint density at radius 3 is 2.54 bits per heavy atom. The normalized spacial score (nSPS) is 18.0. The molecule has 71 heavy (non-hydrogen) atoms. The van der Waals surface area contributed by atoms with Crippen molar-refractivity contribution in [2.75, 3.05) is 74.9 Å². The number of morpholine rings is 1. The highest BCUT2D eigenvalue weighted by Gasteiger charge is 2.34. The van der Waals surface area contributed by atoms with Crippen molar-refractivity contribution in [3.05, 3.63) is 117 Å². The Labute approximate surface area is 415 Å². The number of allylic oxidation sites excluding steroid dienone is 1. The van der Waals surface area contributed by atoms with E-state index in [1.807, 2.05) is 19.9 Å². The summed E-state index contributed by atoms with van der Waals surface area (Å²) in [5.41, 5.74) is 2.86. The van der Waals surface area contributed by atoms with Crippen molar-refractivity contribution in [1.82, 2.24) is 19.8 Å². The summed E-state index contributed by atoms with van der Waals surface area (Å²) in [5, 5.41) is 16.1. The molecule has 1 aliphatic carbocycles. The summed E-state index contributed by atoms with van der Waals surface area (Å²) in [4.78, 5) is 51.4. The van der Waals surface area contributed by atoms with Gasteiger partial charge in [0.1, 0.15) is 28.6 Å². The molecule has 0 unspecified atom stereocenters. The van der Waals surface area contributed by atoms with Crippen molar-refractivity contribution in [1.29, 1.82) is 0 Å². The number of hydrogen-bond donors (Lipinski definition) is 2. The Hall–Kier alpha value is -6.02. The van der Waals surface area contributed by atoms with Crippen LogP contribution in [0.2, 0.25) is 5.02 Å². The average Bonchev–Trinajstić information content (AvgIpc) is 3.80. The Morgan fingerprint density at radius 2 is 1.82 bits per heavy atom. The number of amides is 1. The van der Waals surface area contributed by atoms with Gasteiger partial charge in [-0.3, -0.25) is 24.6 Å². The third-order valence-electron chi connectivity index (χ3n) is 13.4. The largest absolute Gasteiger partial charge is 0.455 e. The van der Waals surface area contributed by atoms with Gasteiger partial charge in [-0.2, -0.15) is 13.2 Å². The quantitative estimate of drug-likeness (QED) is 0.0543. The molecule has 0 spiro atoms. The molecule has 3 aromatic carbocycles. The molecule has 2 aromatic heterocycles. The number of sulfone groups is 1. The second kappa shape index (κ2) is 21.0. The van der Waals surface area contributed by atoms with E-state index in [2.05, 4.69) is 38.9 Å². The average molecular weight is 1020 g/mol. The van der Waals surface area contributed by atoms with Crippen LogP contribution in [0.1, 0.15) is 74.9 Å². The van der Waals surface area contributed by atoms with Crippen LogP contribution in [-0.4, -0.2) is 116 Å². The summed E-state index contributed by atoms with van der Waals surface area (Å²) in [6.07, 6.45) is 1.26. The van der Waals surface area contributed by atoms with Crippen molar-refractivity contribution in [3.8, 4) is 11.5 Å². The predicted molar refractivity (Wildman–Crippen MR) is 266 cm³/mol. The number of aromatic nitrogens is 2. The number of rotatable bonds is 16. The van der Waals surface area contributed by atoms with E-state index >= 15 is 0 Å². The lowest BCUT2D eigenvalue weighted by Gasteiger charge is -2.39. The van der Waals surface area contributed by atoms with E-state index in [0.717, 1.165) is 53.3 Å². The first-order valence-corrected chi connectivity index (χ1v) is 25.7. The lowest BCUT2D eigenvalue weighted by molar-refractivity contribution is -0.384. The number of nitro groups is 1. The number of carbonyl (C=O) groups is 2.